The van der Waals surface area contributed by atoms with Gasteiger partial charge < -0.3 is 15.0 Å². The van der Waals surface area contributed by atoms with Crippen molar-refractivity contribution < 1.29 is 9.53 Å². The molecule has 0 bridgehead atoms. The molecule has 2 N–H and O–H groups in total. The van der Waals surface area contributed by atoms with Crippen LogP contribution in [0.4, 0.5) is 5.82 Å². The van der Waals surface area contributed by atoms with E-state index in [1.807, 2.05) is 13.0 Å². The average molecular weight is 245 g/mol. The highest BCUT2D eigenvalue weighted by atomic mass is 16.5. The number of aromatic nitrogens is 2. The highest BCUT2D eigenvalue weighted by molar-refractivity contribution is 5.96. The normalized spacial score (nSPS) is 10.4. The number of nitrogen functional groups attached to an aromatic ring is 1. The van der Waals surface area contributed by atoms with Gasteiger partial charge in [-0.2, -0.15) is 0 Å². The third kappa shape index (κ3) is 1.95. The molecular formula is C13H15N3O2. The number of methoxy groups -OCH3 is 1. The van der Waals surface area contributed by atoms with Crippen molar-refractivity contribution in [1.29, 1.82) is 0 Å². The molecule has 0 saturated carbocycles. The fourth-order valence-electron chi connectivity index (χ4n) is 1.99. The Hall–Kier alpha value is -2.30. The molecule has 0 radical (unpaired) electrons. The van der Waals surface area contributed by atoms with E-state index in [0.29, 0.717) is 17.1 Å². The monoisotopic (exact) mass is 245 g/mol. The van der Waals surface area contributed by atoms with Gasteiger partial charge in [-0.3, -0.25) is 4.79 Å². The minimum atomic E-state index is 0.0162. The number of anilines is 1. The van der Waals surface area contributed by atoms with Crippen molar-refractivity contribution in [2.45, 2.75) is 13.8 Å². The van der Waals surface area contributed by atoms with Crippen LogP contribution in [0.15, 0.2) is 24.7 Å². The lowest BCUT2D eigenvalue weighted by atomic mass is 10.0. The summed E-state index contributed by atoms with van der Waals surface area (Å²) in [5, 5.41) is 0. The molecule has 0 amide bonds. The molecule has 2 aromatic rings. The third-order valence-electron chi connectivity index (χ3n) is 2.85. The second-order valence-corrected chi connectivity index (χ2v) is 4.05. The smallest absolute Gasteiger partial charge is 0.160 e. The quantitative estimate of drug-likeness (QED) is 0.839. The Morgan fingerprint density at radius 3 is 2.67 bits per heavy atom. The lowest BCUT2D eigenvalue weighted by Gasteiger charge is -2.14. The molecule has 94 valence electrons. The van der Waals surface area contributed by atoms with E-state index in [1.165, 1.54) is 6.92 Å². The van der Waals surface area contributed by atoms with Crippen LogP contribution >= 0.6 is 0 Å². The summed E-state index contributed by atoms with van der Waals surface area (Å²) in [4.78, 5) is 15.5. The maximum Gasteiger partial charge on any atom is 0.160 e. The van der Waals surface area contributed by atoms with Crippen LogP contribution < -0.4 is 10.5 Å². The second kappa shape index (κ2) is 4.52. The zero-order valence-electron chi connectivity index (χ0n) is 10.6. The first-order chi connectivity index (χ1) is 8.54. The molecule has 1 heterocycles. The van der Waals surface area contributed by atoms with Crippen molar-refractivity contribution in [3.63, 3.8) is 0 Å². The fraction of sp³-hybridized carbons (Fsp3) is 0.231. The zero-order valence-corrected chi connectivity index (χ0v) is 10.6. The molecule has 1 aromatic carbocycles. The lowest BCUT2D eigenvalue weighted by Crippen LogP contribution is -2.03. The van der Waals surface area contributed by atoms with E-state index in [-0.39, 0.29) is 5.78 Å². The van der Waals surface area contributed by atoms with Crippen molar-refractivity contribution in [2.75, 3.05) is 12.8 Å². The third-order valence-corrected chi connectivity index (χ3v) is 2.85. The van der Waals surface area contributed by atoms with E-state index in [4.69, 9.17) is 10.5 Å². The SMILES string of the molecule is COc1c(-n2cnc(N)c2)ccc(C(C)=O)c1C. The number of ether oxygens (including phenoxy) is 1. The van der Waals surface area contributed by atoms with Gasteiger partial charge in [-0.1, -0.05) is 0 Å². The summed E-state index contributed by atoms with van der Waals surface area (Å²) in [5.74, 6) is 1.10. The number of hydrogen-bond donors (Lipinski definition) is 1. The molecule has 0 atom stereocenters. The molecular weight excluding hydrogens is 230 g/mol. The van der Waals surface area contributed by atoms with E-state index in [2.05, 4.69) is 4.98 Å². The van der Waals surface area contributed by atoms with Crippen LogP contribution in [0.3, 0.4) is 0 Å². The van der Waals surface area contributed by atoms with Crippen LogP contribution in [-0.2, 0) is 0 Å². The van der Waals surface area contributed by atoms with Crippen LogP contribution in [0.2, 0.25) is 0 Å². The lowest BCUT2D eigenvalue weighted by molar-refractivity contribution is 0.101. The molecule has 0 saturated heterocycles. The first kappa shape index (κ1) is 12.2. The van der Waals surface area contributed by atoms with Crippen molar-refractivity contribution in [2.24, 2.45) is 0 Å². The number of ketones is 1. The number of imidazole rings is 1. The summed E-state index contributed by atoms with van der Waals surface area (Å²) >= 11 is 0. The number of benzene rings is 1. The minimum absolute atomic E-state index is 0.0162. The molecule has 0 aliphatic carbocycles. The van der Waals surface area contributed by atoms with E-state index in [1.54, 1.807) is 30.3 Å². The number of nitrogens with two attached hydrogens (primary N) is 1. The molecule has 0 unspecified atom stereocenters. The van der Waals surface area contributed by atoms with Crippen LogP contribution in [0.25, 0.3) is 5.69 Å². The van der Waals surface area contributed by atoms with E-state index in [9.17, 15) is 4.79 Å². The van der Waals surface area contributed by atoms with Gasteiger partial charge in [0.25, 0.3) is 0 Å². The first-order valence-electron chi connectivity index (χ1n) is 5.53. The standard InChI is InChI=1S/C13H15N3O2/c1-8-10(9(2)17)4-5-11(13(8)18-3)16-6-12(14)15-7-16/h4-7H,14H2,1-3H3. The van der Waals surface area contributed by atoms with Gasteiger partial charge in [0.2, 0.25) is 0 Å². The van der Waals surface area contributed by atoms with Gasteiger partial charge in [0.05, 0.1) is 19.0 Å². The maximum atomic E-state index is 11.5. The fourth-order valence-corrected chi connectivity index (χ4v) is 1.99. The molecule has 5 heteroatoms. The molecule has 0 aliphatic rings. The van der Waals surface area contributed by atoms with Crippen molar-refractivity contribution in [1.82, 2.24) is 9.55 Å². The molecule has 0 fully saturated rings. The van der Waals surface area contributed by atoms with Crippen LogP contribution in [-0.4, -0.2) is 22.4 Å². The second-order valence-electron chi connectivity index (χ2n) is 4.05. The van der Waals surface area contributed by atoms with E-state index >= 15 is 0 Å². The molecule has 5 nitrogen and oxygen atoms in total. The number of Topliss-reactive ketones (excluding diaryl/α,β-unsaturated/α-hetero) is 1. The molecule has 18 heavy (non-hydrogen) atoms. The van der Waals surface area contributed by atoms with Crippen LogP contribution in [0.5, 0.6) is 5.75 Å². The number of hydrogen-bond acceptors (Lipinski definition) is 4. The number of nitrogens with zero attached hydrogens (tertiary/aromatic N) is 2. The summed E-state index contributed by atoms with van der Waals surface area (Å²) in [6.07, 6.45) is 3.31. The molecule has 0 spiro atoms. The maximum absolute atomic E-state index is 11.5. The Morgan fingerprint density at radius 1 is 1.44 bits per heavy atom. The zero-order chi connectivity index (χ0) is 13.3. The van der Waals surface area contributed by atoms with Crippen LogP contribution in [0, 0.1) is 6.92 Å². The summed E-state index contributed by atoms with van der Waals surface area (Å²) < 4.78 is 7.16. The predicted octanol–water partition coefficient (Wildman–Crippen LogP) is 1.97. The van der Waals surface area contributed by atoms with E-state index in [0.717, 1.165) is 11.3 Å². The van der Waals surface area contributed by atoms with Gasteiger partial charge in [-0.05, 0) is 26.0 Å². The highest BCUT2D eigenvalue weighted by Crippen LogP contribution is 2.30. The number of rotatable bonds is 3. The molecule has 1 aromatic heterocycles. The van der Waals surface area contributed by atoms with Gasteiger partial charge in [-0.25, -0.2) is 4.98 Å². The topological polar surface area (TPSA) is 70.1 Å². The number of carbonyl (C=O) groups excluding carboxylic acids is 1. The largest absolute Gasteiger partial charge is 0.494 e. The molecule has 2 rings (SSSR count). The van der Waals surface area contributed by atoms with Gasteiger partial charge in [0.1, 0.15) is 17.9 Å². The van der Waals surface area contributed by atoms with E-state index < -0.39 is 0 Å². The van der Waals surface area contributed by atoms with Gasteiger partial charge in [0, 0.05) is 11.1 Å². The highest BCUT2D eigenvalue weighted by Gasteiger charge is 2.14. The Kier molecular flexibility index (Phi) is 3.06. The molecule has 0 aliphatic heterocycles. The Balaban J connectivity index is 2.63. The van der Waals surface area contributed by atoms with Gasteiger partial charge >= 0.3 is 0 Å². The summed E-state index contributed by atoms with van der Waals surface area (Å²) in [6.45, 7) is 3.40. The summed E-state index contributed by atoms with van der Waals surface area (Å²) in [6, 6.07) is 3.61. The Labute approximate surface area is 105 Å². The van der Waals surface area contributed by atoms with Gasteiger partial charge in [-0.15, -0.1) is 0 Å². The minimum Gasteiger partial charge on any atom is -0.494 e. The number of carbonyl (C=O) groups is 1. The van der Waals surface area contributed by atoms with Crippen molar-refractivity contribution in [3.8, 4) is 11.4 Å². The van der Waals surface area contributed by atoms with Gasteiger partial charge in [0.15, 0.2) is 5.78 Å². The van der Waals surface area contributed by atoms with Crippen molar-refractivity contribution in [3.05, 3.63) is 35.8 Å². The first-order valence-corrected chi connectivity index (χ1v) is 5.53. The van der Waals surface area contributed by atoms with Crippen molar-refractivity contribution >= 4 is 11.6 Å². The predicted molar refractivity (Wildman–Crippen MR) is 69.3 cm³/mol. The average Bonchev–Trinajstić information content (AvgIpc) is 2.74. The van der Waals surface area contributed by atoms with Crippen LogP contribution in [0.1, 0.15) is 22.8 Å². The summed E-state index contributed by atoms with van der Waals surface area (Å²) in [7, 11) is 1.58. The summed E-state index contributed by atoms with van der Waals surface area (Å²) in [5.41, 5.74) is 7.88. The Bertz CT molecular complexity index is 602. The Morgan fingerprint density at radius 2 is 2.17 bits per heavy atom.